The Labute approximate surface area is 121 Å². The van der Waals surface area contributed by atoms with E-state index in [1.165, 1.54) is 0 Å². The molecule has 0 spiro atoms. The molecule has 21 heavy (non-hydrogen) atoms. The van der Waals surface area contributed by atoms with Gasteiger partial charge in [0.1, 0.15) is 5.69 Å². The van der Waals surface area contributed by atoms with Gasteiger partial charge in [-0.3, -0.25) is 15.5 Å². The molecule has 0 aromatic carbocycles. The molecule has 114 valence electrons. The summed E-state index contributed by atoms with van der Waals surface area (Å²) in [5, 5.41) is 21.2. The van der Waals surface area contributed by atoms with Crippen molar-refractivity contribution in [3.05, 3.63) is 15.8 Å². The number of nitrogens with one attached hydrogen (secondary N) is 1. The highest BCUT2D eigenvalue weighted by atomic mass is 16.6. The second-order valence-corrected chi connectivity index (χ2v) is 5.62. The van der Waals surface area contributed by atoms with Crippen LogP contribution in [0.1, 0.15) is 31.4 Å². The van der Waals surface area contributed by atoms with Crippen molar-refractivity contribution in [3.63, 3.8) is 0 Å². The number of nitrogen functional groups attached to an aromatic ring is 1. The van der Waals surface area contributed by atoms with E-state index in [1.54, 1.807) is 6.92 Å². The number of anilines is 2. The minimum Gasteiger partial charge on any atom is -0.393 e. The zero-order chi connectivity index (χ0) is 15.1. The number of nitro groups is 1. The van der Waals surface area contributed by atoms with Gasteiger partial charge in [0.2, 0.25) is 11.8 Å². The molecule has 9 heteroatoms. The first-order valence-corrected chi connectivity index (χ1v) is 6.97. The van der Waals surface area contributed by atoms with Gasteiger partial charge < -0.3 is 10.0 Å². The molecule has 0 aliphatic carbocycles. The van der Waals surface area contributed by atoms with Gasteiger partial charge in [-0.15, -0.1) is 0 Å². The first-order valence-electron chi connectivity index (χ1n) is 6.97. The van der Waals surface area contributed by atoms with Gasteiger partial charge in [-0.25, -0.2) is 10.8 Å². The van der Waals surface area contributed by atoms with Gasteiger partial charge in [0, 0.05) is 12.1 Å². The lowest BCUT2D eigenvalue weighted by Gasteiger charge is -2.37. The third-order valence-corrected chi connectivity index (χ3v) is 4.30. The average Bonchev–Trinajstić information content (AvgIpc) is 2.69. The summed E-state index contributed by atoms with van der Waals surface area (Å²) in [7, 11) is 0. The number of aryl methyl sites for hydroxylation is 1. The quantitative estimate of drug-likeness (QED) is 0.416. The first-order chi connectivity index (χ1) is 10.0. The van der Waals surface area contributed by atoms with E-state index >= 15 is 0 Å². The van der Waals surface area contributed by atoms with Crippen LogP contribution in [0.15, 0.2) is 0 Å². The smallest absolute Gasteiger partial charge is 0.332 e. The van der Waals surface area contributed by atoms with Crippen LogP contribution in [-0.4, -0.2) is 38.2 Å². The number of aliphatic hydroxyl groups is 1. The standard InChI is InChI=1S/C12H18N6O3/c1-6-10(18(20)21)11(15-12(14-6)16-13)17-7-2-3-8(17)5-9(19)4-7/h7-9,19H,2-5,13H2,1H3,(H,14,15,16). The van der Waals surface area contributed by atoms with Crippen molar-refractivity contribution in [2.45, 2.75) is 50.8 Å². The molecular formula is C12H18N6O3. The number of piperidine rings is 1. The third kappa shape index (κ3) is 2.28. The monoisotopic (exact) mass is 294 g/mol. The average molecular weight is 294 g/mol. The second-order valence-electron chi connectivity index (χ2n) is 5.62. The Morgan fingerprint density at radius 3 is 2.52 bits per heavy atom. The molecule has 4 N–H and O–H groups in total. The Balaban J connectivity index is 2.09. The highest BCUT2D eigenvalue weighted by Crippen LogP contribution is 2.42. The van der Waals surface area contributed by atoms with Crippen LogP contribution in [0, 0.1) is 17.0 Å². The van der Waals surface area contributed by atoms with Crippen LogP contribution >= 0.6 is 0 Å². The molecule has 2 fully saturated rings. The summed E-state index contributed by atoms with van der Waals surface area (Å²) < 4.78 is 0. The number of aromatic nitrogens is 2. The number of rotatable bonds is 3. The Kier molecular flexibility index (Phi) is 3.38. The van der Waals surface area contributed by atoms with Crippen molar-refractivity contribution < 1.29 is 10.0 Å². The van der Waals surface area contributed by atoms with E-state index in [0.29, 0.717) is 18.7 Å². The maximum atomic E-state index is 11.4. The zero-order valence-corrected chi connectivity index (χ0v) is 11.7. The second kappa shape index (κ2) is 5.08. The predicted molar refractivity (Wildman–Crippen MR) is 75.8 cm³/mol. The van der Waals surface area contributed by atoms with E-state index in [-0.39, 0.29) is 35.5 Å². The maximum Gasteiger partial charge on any atom is 0.332 e. The molecule has 1 aromatic rings. The number of nitrogens with two attached hydrogens (primary N) is 1. The molecule has 2 unspecified atom stereocenters. The number of aliphatic hydroxyl groups excluding tert-OH is 1. The summed E-state index contributed by atoms with van der Waals surface area (Å²) >= 11 is 0. The fraction of sp³-hybridized carbons (Fsp3) is 0.667. The zero-order valence-electron chi connectivity index (χ0n) is 11.7. The lowest BCUT2D eigenvalue weighted by Crippen LogP contribution is -2.45. The van der Waals surface area contributed by atoms with E-state index in [1.807, 2.05) is 4.90 Å². The molecule has 2 aliphatic rings. The summed E-state index contributed by atoms with van der Waals surface area (Å²) in [6.45, 7) is 1.57. The van der Waals surface area contributed by atoms with Crippen LogP contribution < -0.4 is 16.2 Å². The number of hydrogen-bond acceptors (Lipinski definition) is 8. The van der Waals surface area contributed by atoms with Gasteiger partial charge >= 0.3 is 5.69 Å². The highest BCUT2D eigenvalue weighted by molar-refractivity contribution is 5.64. The van der Waals surface area contributed by atoms with Crippen molar-refractivity contribution in [1.29, 1.82) is 0 Å². The topological polar surface area (TPSA) is 130 Å². The Hall–Kier alpha value is -2.00. The van der Waals surface area contributed by atoms with Crippen molar-refractivity contribution in [2.75, 3.05) is 10.3 Å². The minimum atomic E-state index is -0.449. The van der Waals surface area contributed by atoms with Gasteiger partial charge in [-0.05, 0) is 32.6 Å². The Morgan fingerprint density at radius 2 is 2.00 bits per heavy atom. The van der Waals surface area contributed by atoms with E-state index in [0.717, 1.165) is 12.8 Å². The normalized spacial score (nSPS) is 27.8. The summed E-state index contributed by atoms with van der Waals surface area (Å²) in [5.74, 6) is 5.82. The fourth-order valence-electron chi connectivity index (χ4n) is 3.50. The summed E-state index contributed by atoms with van der Waals surface area (Å²) in [4.78, 5) is 21.1. The summed E-state index contributed by atoms with van der Waals surface area (Å²) in [6.07, 6.45) is 2.71. The SMILES string of the molecule is Cc1nc(NN)nc(N2C3CCC2CC(O)C3)c1[N+](=O)[O-]. The number of nitrogens with zero attached hydrogens (tertiary/aromatic N) is 4. The number of hydrogen-bond donors (Lipinski definition) is 3. The molecule has 1 aromatic heterocycles. The van der Waals surface area contributed by atoms with Crippen LogP contribution in [0.2, 0.25) is 0 Å². The molecule has 9 nitrogen and oxygen atoms in total. The lowest BCUT2D eigenvalue weighted by atomic mass is 9.99. The molecule has 3 heterocycles. The van der Waals surface area contributed by atoms with Crippen LogP contribution in [0.5, 0.6) is 0 Å². The predicted octanol–water partition coefficient (Wildman–Crippen LogP) is 0.471. The van der Waals surface area contributed by atoms with Crippen LogP contribution in [0.3, 0.4) is 0 Å². The largest absolute Gasteiger partial charge is 0.393 e. The first kappa shape index (κ1) is 14.0. The van der Waals surface area contributed by atoms with Crippen molar-refractivity contribution in [1.82, 2.24) is 9.97 Å². The third-order valence-electron chi connectivity index (χ3n) is 4.30. The molecule has 2 aliphatic heterocycles. The van der Waals surface area contributed by atoms with Gasteiger partial charge in [-0.2, -0.15) is 4.98 Å². The van der Waals surface area contributed by atoms with Crippen molar-refractivity contribution in [2.24, 2.45) is 5.84 Å². The van der Waals surface area contributed by atoms with E-state index in [2.05, 4.69) is 15.4 Å². The van der Waals surface area contributed by atoms with E-state index in [9.17, 15) is 15.2 Å². The van der Waals surface area contributed by atoms with Gasteiger partial charge in [-0.1, -0.05) is 0 Å². The number of fused-ring (bicyclic) bond motifs is 2. The summed E-state index contributed by atoms with van der Waals surface area (Å²) in [5.41, 5.74) is 2.55. The van der Waals surface area contributed by atoms with Crippen molar-refractivity contribution >= 4 is 17.5 Å². The van der Waals surface area contributed by atoms with Gasteiger partial charge in [0.05, 0.1) is 11.0 Å². The van der Waals surface area contributed by atoms with Crippen LogP contribution in [0.25, 0.3) is 0 Å². The molecule has 0 saturated carbocycles. The molecular weight excluding hydrogens is 276 g/mol. The fourth-order valence-corrected chi connectivity index (χ4v) is 3.50. The molecule has 0 radical (unpaired) electrons. The minimum absolute atomic E-state index is 0.0809. The van der Waals surface area contributed by atoms with Crippen molar-refractivity contribution in [3.8, 4) is 0 Å². The Morgan fingerprint density at radius 1 is 1.38 bits per heavy atom. The molecule has 3 rings (SSSR count). The molecule has 0 amide bonds. The van der Waals surface area contributed by atoms with Crippen LogP contribution in [0.4, 0.5) is 17.5 Å². The molecule has 2 saturated heterocycles. The molecule has 2 bridgehead atoms. The maximum absolute atomic E-state index is 11.4. The lowest BCUT2D eigenvalue weighted by molar-refractivity contribution is -0.385. The van der Waals surface area contributed by atoms with Gasteiger partial charge in [0.15, 0.2) is 0 Å². The van der Waals surface area contributed by atoms with Crippen LogP contribution in [-0.2, 0) is 0 Å². The molecule has 2 atom stereocenters. The highest BCUT2D eigenvalue weighted by Gasteiger charge is 2.44. The number of hydrazine groups is 1. The van der Waals surface area contributed by atoms with Gasteiger partial charge in [0.25, 0.3) is 0 Å². The Bertz CT molecular complexity index is 566. The summed E-state index contributed by atoms with van der Waals surface area (Å²) in [6, 6.07) is 0.162. The van der Waals surface area contributed by atoms with E-state index < -0.39 is 4.92 Å². The van der Waals surface area contributed by atoms with E-state index in [4.69, 9.17) is 5.84 Å².